The maximum absolute atomic E-state index is 14.1. The second-order valence-corrected chi connectivity index (χ2v) is 10.2. The topological polar surface area (TPSA) is 80.2 Å². The van der Waals surface area contributed by atoms with Crippen LogP contribution in [-0.4, -0.2) is 41.3 Å². The number of aliphatic imine (C=N–C) groups is 1. The predicted molar refractivity (Wildman–Crippen MR) is 145 cm³/mol. The van der Waals surface area contributed by atoms with E-state index in [0.29, 0.717) is 28.5 Å². The number of carbonyl (C=O) groups excluding carboxylic acids is 2. The first kappa shape index (κ1) is 24.2. The molecule has 38 heavy (non-hydrogen) atoms. The fourth-order valence-electron chi connectivity index (χ4n) is 5.49. The number of fused-ring (bicyclic) bond motifs is 2. The summed E-state index contributed by atoms with van der Waals surface area (Å²) in [5, 5.41) is 3.27. The average Bonchev–Trinajstić information content (AvgIpc) is 3.37. The van der Waals surface area contributed by atoms with Gasteiger partial charge in [0.1, 0.15) is 0 Å². The molecule has 194 valence electrons. The Morgan fingerprint density at radius 3 is 2.55 bits per heavy atom. The summed E-state index contributed by atoms with van der Waals surface area (Å²) >= 11 is 0. The molecule has 1 fully saturated rings. The number of rotatable bonds is 5. The second-order valence-electron chi connectivity index (χ2n) is 10.2. The summed E-state index contributed by atoms with van der Waals surface area (Å²) in [4.78, 5) is 34.9. The van der Waals surface area contributed by atoms with E-state index in [1.165, 1.54) is 6.42 Å². The van der Waals surface area contributed by atoms with Crippen molar-refractivity contribution in [2.24, 2.45) is 4.99 Å². The molecule has 3 aromatic rings. The molecule has 1 saturated carbocycles. The highest BCUT2D eigenvalue weighted by Gasteiger charge is 2.39. The molecule has 0 saturated heterocycles. The van der Waals surface area contributed by atoms with E-state index in [-0.39, 0.29) is 31.2 Å². The van der Waals surface area contributed by atoms with E-state index in [2.05, 4.69) is 5.32 Å². The Morgan fingerprint density at radius 2 is 1.74 bits per heavy atom. The molecule has 2 amide bonds. The van der Waals surface area contributed by atoms with Crippen LogP contribution in [0, 0.1) is 6.92 Å². The SMILES string of the molecule is Cc1ccc(CN2C(=O)c3ccccc3N=C(c3ccc4c(c3)OCO4)C2C(=O)NC2CCCCC2)cc1. The van der Waals surface area contributed by atoms with Gasteiger partial charge >= 0.3 is 0 Å². The minimum Gasteiger partial charge on any atom is -0.454 e. The lowest BCUT2D eigenvalue weighted by Gasteiger charge is -2.33. The number of nitrogens with zero attached hydrogens (tertiary/aromatic N) is 2. The van der Waals surface area contributed by atoms with Gasteiger partial charge in [-0.25, -0.2) is 4.99 Å². The van der Waals surface area contributed by atoms with Gasteiger partial charge in [0.05, 0.1) is 17.0 Å². The fourth-order valence-corrected chi connectivity index (χ4v) is 5.49. The van der Waals surface area contributed by atoms with Gasteiger partial charge in [0.25, 0.3) is 5.91 Å². The van der Waals surface area contributed by atoms with Crippen LogP contribution in [0.15, 0.2) is 71.7 Å². The van der Waals surface area contributed by atoms with Crippen LogP contribution in [0.2, 0.25) is 0 Å². The molecule has 7 nitrogen and oxygen atoms in total. The number of para-hydroxylation sites is 1. The first-order valence-corrected chi connectivity index (χ1v) is 13.3. The number of amides is 2. The molecule has 3 aliphatic rings. The monoisotopic (exact) mass is 509 g/mol. The average molecular weight is 510 g/mol. The van der Waals surface area contributed by atoms with Crippen molar-refractivity contribution < 1.29 is 19.1 Å². The Balaban J connectivity index is 1.47. The standard InChI is InChI=1S/C31H31N3O4/c1-20-11-13-21(14-12-20)18-34-29(30(35)32-23-7-3-2-4-8-23)28(22-15-16-26-27(17-22)38-19-37-26)33-25-10-6-5-9-24(25)31(34)36/h5-6,9-17,23,29H,2-4,7-8,18-19H2,1H3,(H,32,35). The van der Waals surface area contributed by atoms with Crippen molar-refractivity contribution in [2.75, 3.05) is 6.79 Å². The zero-order valence-corrected chi connectivity index (χ0v) is 21.5. The molecule has 6 rings (SSSR count). The predicted octanol–water partition coefficient (Wildman–Crippen LogP) is 5.32. The van der Waals surface area contributed by atoms with Gasteiger partial charge in [-0.3, -0.25) is 9.59 Å². The first-order chi connectivity index (χ1) is 18.6. The maximum atomic E-state index is 14.1. The van der Waals surface area contributed by atoms with E-state index in [9.17, 15) is 9.59 Å². The highest BCUT2D eigenvalue weighted by Crippen LogP contribution is 2.35. The Kier molecular flexibility index (Phi) is 6.58. The number of benzene rings is 3. The van der Waals surface area contributed by atoms with Gasteiger partial charge in [0, 0.05) is 18.2 Å². The third kappa shape index (κ3) is 4.76. The number of hydrogen-bond donors (Lipinski definition) is 1. The van der Waals surface area contributed by atoms with Gasteiger partial charge in [0.2, 0.25) is 12.7 Å². The van der Waals surface area contributed by atoms with E-state index in [0.717, 1.165) is 42.4 Å². The van der Waals surface area contributed by atoms with Gasteiger partial charge in [0.15, 0.2) is 17.5 Å². The van der Waals surface area contributed by atoms with Gasteiger partial charge in [-0.15, -0.1) is 0 Å². The number of hydrogen-bond acceptors (Lipinski definition) is 5. The number of ether oxygens (including phenoxy) is 2. The number of aryl methyl sites for hydroxylation is 1. The second kappa shape index (κ2) is 10.3. The van der Waals surface area contributed by atoms with Crippen LogP contribution in [0.5, 0.6) is 11.5 Å². The number of carbonyl (C=O) groups is 2. The Morgan fingerprint density at radius 1 is 0.974 bits per heavy atom. The van der Waals surface area contributed by atoms with E-state index < -0.39 is 6.04 Å². The van der Waals surface area contributed by atoms with E-state index in [4.69, 9.17) is 14.5 Å². The zero-order valence-electron chi connectivity index (χ0n) is 21.5. The highest BCUT2D eigenvalue weighted by atomic mass is 16.7. The van der Waals surface area contributed by atoms with Gasteiger partial charge in [-0.05, 0) is 55.7 Å². The van der Waals surface area contributed by atoms with Crippen molar-refractivity contribution in [2.45, 2.75) is 57.7 Å². The minimum atomic E-state index is -0.918. The molecule has 2 heterocycles. The number of nitrogens with one attached hydrogen (secondary N) is 1. The lowest BCUT2D eigenvalue weighted by Crippen LogP contribution is -2.55. The molecule has 0 spiro atoms. The van der Waals surface area contributed by atoms with Crippen molar-refractivity contribution in [3.05, 3.63) is 89.0 Å². The van der Waals surface area contributed by atoms with Gasteiger partial charge in [-0.1, -0.05) is 61.2 Å². The summed E-state index contributed by atoms with van der Waals surface area (Å²) in [6.45, 7) is 2.46. The summed E-state index contributed by atoms with van der Waals surface area (Å²) in [5.41, 5.74) is 4.34. The minimum absolute atomic E-state index is 0.0937. The van der Waals surface area contributed by atoms with E-state index in [1.54, 1.807) is 11.0 Å². The maximum Gasteiger partial charge on any atom is 0.257 e. The lowest BCUT2D eigenvalue weighted by molar-refractivity contribution is -0.124. The molecule has 1 aliphatic carbocycles. The third-order valence-corrected chi connectivity index (χ3v) is 7.55. The molecule has 1 N–H and O–H groups in total. The quantitative estimate of drug-likeness (QED) is 0.505. The molecule has 1 atom stereocenters. The van der Waals surface area contributed by atoms with Crippen molar-refractivity contribution >= 4 is 23.2 Å². The van der Waals surface area contributed by atoms with E-state index >= 15 is 0 Å². The summed E-state index contributed by atoms with van der Waals surface area (Å²) < 4.78 is 11.2. The smallest absolute Gasteiger partial charge is 0.257 e. The molecule has 0 radical (unpaired) electrons. The fraction of sp³-hybridized carbons (Fsp3) is 0.323. The highest BCUT2D eigenvalue weighted by molar-refractivity contribution is 6.21. The molecule has 0 bridgehead atoms. The third-order valence-electron chi connectivity index (χ3n) is 7.55. The Bertz CT molecular complexity index is 1390. The van der Waals surface area contributed by atoms with Crippen molar-refractivity contribution in [1.82, 2.24) is 10.2 Å². The molecule has 0 aromatic heterocycles. The van der Waals surface area contributed by atoms with Gasteiger partial charge < -0.3 is 19.7 Å². The molecular weight excluding hydrogens is 478 g/mol. The van der Waals surface area contributed by atoms with Crippen LogP contribution in [0.3, 0.4) is 0 Å². The van der Waals surface area contributed by atoms with Crippen LogP contribution in [0.1, 0.15) is 59.2 Å². The molecule has 3 aromatic carbocycles. The molecule has 2 aliphatic heterocycles. The first-order valence-electron chi connectivity index (χ1n) is 13.3. The van der Waals surface area contributed by atoms with Crippen LogP contribution in [-0.2, 0) is 11.3 Å². The lowest BCUT2D eigenvalue weighted by atomic mass is 9.94. The summed E-state index contributed by atoms with van der Waals surface area (Å²) in [6.07, 6.45) is 5.27. The van der Waals surface area contributed by atoms with Crippen molar-refractivity contribution in [3.8, 4) is 11.5 Å². The largest absolute Gasteiger partial charge is 0.454 e. The molecule has 7 heteroatoms. The Hall–Kier alpha value is -4.13. The molecular formula is C31H31N3O4. The van der Waals surface area contributed by atoms with Crippen LogP contribution in [0.4, 0.5) is 5.69 Å². The van der Waals surface area contributed by atoms with Crippen molar-refractivity contribution in [3.63, 3.8) is 0 Å². The van der Waals surface area contributed by atoms with Crippen molar-refractivity contribution in [1.29, 1.82) is 0 Å². The van der Waals surface area contributed by atoms with Gasteiger partial charge in [-0.2, -0.15) is 0 Å². The van der Waals surface area contributed by atoms with Crippen LogP contribution >= 0.6 is 0 Å². The summed E-state index contributed by atoms with van der Waals surface area (Å²) in [6, 6.07) is 20.1. The Labute approximate surface area is 222 Å². The zero-order chi connectivity index (χ0) is 26.1. The van der Waals surface area contributed by atoms with E-state index in [1.807, 2.05) is 67.6 Å². The summed E-state index contributed by atoms with van der Waals surface area (Å²) in [5.74, 6) is 0.829. The molecule has 1 unspecified atom stereocenters. The van der Waals surface area contributed by atoms with Crippen LogP contribution < -0.4 is 14.8 Å². The summed E-state index contributed by atoms with van der Waals surface area (Å²) in [7, 11) is 0. The normalized spacial score (nSPS) is 19.0. The van der Waals surface area contributed by atoms with Crippen LogP contribution in [0.25, 0.3) is 0 Å².